The molecule has 5 rings (SSSR count). The Hall–Kier alpha value is -2.75. The standard InChI is InChI=1S/C24H28N6O2S/c31-15-20-16-33-22-3-2-19(27-24(22)28-20)13-26-18-6-9-29(10-7-18)11-12-30-21-14-25-8-5-17(21)1-4-23(30)32/h1-5,8,14-15,18,20,26H,6-7,9-13,16H2,(H,27,28). The van der Waals surface area contributed by atoms with E-state index in [2.05, 4.69) is 32.7 Å². The molecule has 3 aromatic heterocycles. The SMILES string of the molecule is O=CC1CSc2ccc(CNC3CCN(CCn4c(=O)ccc5ccncc54)CC3)nc2N1. The van der Waals surface area contributed by atoms with E-state index in [1.54, 1.807) is 30.2 Å². The number of carbonyl (C=O) groups is 1. The van der Waals surface area contributed by atoms with Crippen molar-refractivity contribution >= 4 is 34.8 Å². The number of aromatic nitrogens is 3. The summed E-state index contributed by atoms with van der Waals surface area (Å²) in [5, 5.41) is 7.89. The Balaban J connectivity index is 1.11. The monoisotopic (exact) mass is 464 g/mol. The zero-order valence-corrected chi connectivity index (χ0v) is 19.3. The minimum absolute atomic E-state index is 0.0250. The highest BCUT2D eigenvalue weighted by molar-refractivity contribution is 7.99. The fourth-order valence-electron chi connectivity index (χ4n) is 4.49. The largest absolute Gasteiger partial charge is 0.359 e. The maximum Gasteiger partial charge on any atom is 0.251 e. The van der Waals surface area contributed by atoms with Crippen LogP contribution in [0, 0.1) is 0 Å². The van der Waals surface area contributed by atoms with Gasteiger partial charge in [0.1, 0.15) is 12.1 Å². The lowest BCUT2D eigenvalue weighted by Crippen LogP contribution is -2.43. The van der Waals surface area contributed by atoms with Crippen molar-refractivity contribution in [2.24, 2.45) is 0 Å². The number of aldehydes is 1. The predicted octanol–water partition coefficient (Wildman–Crippen LogP) is 2.13. The maximum absolute atomic E-state index is 12.4. The van der Waals surface area contributed by atoms with Crippen molar-refractivity contribution in [3.63, 3.8) is 0 Å². The molecule has 1 saturated heterocycles. The van der Waals surface area contributed by atoms with Gasteiger partial charge in [-0.2, -0.15) is 0 Å². The third-order valence-electron chi connectivity index (χ3n) is 6.41. The molecular formula is C24H28N6O2S. The molecule has 1 fully saturated rings. The van der Waals surface area contributed by atoms with E-state index in [1.165, 1.54) is 0 Å². The molecule has 0 spiro atoms. The second-order valence-electron chi connectivity index (χ2n) is 8.60. The van der Waals surface area contributed by atoms with Crippen LogP contribution in [0.4, 0.5) is 5.82 Å². The van der Waals surface area contributed by atoms with Gasteiger partial charge < -0.3 is 24.9 Å². The number of thioether (sulfide) groups is 1. The molecule has 1 unspecified atom stereocenters. The number of hydrogen-bond acceptors (Lipinski definition) is 8. The van der Waals surface area contributed by atoms with Crippen molar-refractivity contribution in [1.82, 2.24) is 24.8 Å². The van der Waals surface area contributed by atoms with Crippen LogP contribution in [0.15, 0.2) is 52.4 Å². The number of nitrogens with one attached hydrogen (secondary N) is 2. The van der Waals surface area contributed by atoms with Crippen LogP contribution in [0.5, 0.6) is 0 Å². The fraction of sp³-hybridized carbons (Fsp3) is 0.417. The average Bonchev–Trinajstić information content (AvgIpc) is 2.87. The van der Waals surface area contributed by atoms with E-state index < -0.39 is 0 Å². The van der Waals surface area contributed by atoms with Crippen LogP contribution in [-0.4, -0.2) is 63.2 Å². The van der Waals surface area contributed by atoms with Gasteiger partial charge in [-0.15, -0.1) is 11.8 Å². The summed E-state index contributed by atoms with van der Waals surface area (Å²) in [7, 11) is 0. The molecule has 8 nitrogen and oxygen atoms in total. The molecule has 0 aromatic carbocycles. The third-order valence-corrected chi connectivity index (χ3v) is 7.58. The summed E-state index contributed by atoms with van der Waals surface area (Å²) in [4.78, 5) is 35.9. The van der Waals surface area contributed by atoms with Gasteiger partial charge in [-0.25, -0.2) is 4.98 Å². The van der Waals surface area contributed by atoms with Gasteiger partial charge in [0.05, 0.1) is 23.4 Å². The Labute approximate surface area is 196 Å². The number of likely N-dealkylation sites (tertiary alicyclic amines) is 1. The van der Waals surface area contributed by atoms with Crippen LogP contribution in [-0.2, 0) is 17.9 Å². The van der Waals surface area contributed by atoms with Crippen LogP contribution >= 0.6 is 11.8 Å². The molecule has 5 heterocycles. The molecule has 172 valence electrons. The minimum Gasteiger partial charge on any atom is -0.359 e. The van der Waals surface area contributed by atoms with Crippen LogP contribution in [0.25, 0.3) is 10.9 Å². The van der Waals surface area contributed by atoms with Crippen molar-refractivity contribution in [2.75, 3.05) is 30.7 Å². The number of carbonyl (C=O) groups excluding carboxylic acids is 1. The van der Waals surface area contributed by atoms with Gasteiger partial charge in [0.15, 0.2) is 0 Å². The zero-order valence-electron chi connectivity index (χ0n) is 18.4. The van der Waals surface area contributed by atoms with Crippen molar-refractivity contribution in [1.29, 1.82) is 0 Å². The fourth-order valence-corrected chi connectivity index (χ4v) is 5.42. The molecule has 0 radical (unpaired) electrons. The number of piperidine rings is 1. The third kappa shape index (κ3) is 5.10. The first-order valence-corrected chi connectivity index (χ1v) is 12.4. The lowest BCUT2D eigenvalue weighted by Gasteiger charge is -2.32. The minimum atomic E-state index is -0.163. The van der Waals surface area contributed by atoms with E-state index in [4.69, 9.17) is 4.98 Å². The predicted molar refractivity (Wildman–Crippen MR) is 131 cm³/mol. The van der Waals surface area contributed by atoms with Crippen molar-refractivity contribution in [3.05, 3.63) is 58.8 Å². The molecule has 0 bridgehead atoms. The highest BCUT2D eigenvalue weighted by atomic mass is 32.2. The molecule has 3 aromatic rings. The number of nitrogens with zero attached hydrogens (tertiary/aromatic N) is 4. The maximum atomic E-state index is 12.4. The molecule has 0 amide bonds. The molecule has 33 heavy (non-hydrogen) atoms. The van der Waals surface area contributed by atoms with Gasteiger partial charge in [-0.3, -0.25) is 9.78 Å². The van der Waals surface area contributed by atoms with Crippen LogP contribution in [0.3, 0.4) is 0 Å². The topological polar surface area (TPSA) is 92.2 Å². The van der Waals surface area contributed by atoms with E-state index in [0.29, 0.717) is 19.1 Å². The Morgan fingerprint density at radius 3 is 2.88 bits per heavy atom. The molecule has 0 aliphatic carbocycles. The number of hydrogen-bond donors (Lipinski definition) is 2. The summed E-state index contributed by atoms with van der Waals surface area (Å²) in [5.74, 6) is 1.57. The Kier molecular flexibility index (Phi) is 6.70. The average molecular weight is 465 g/mol. The van der Waals surface area contributed by atoms with Gasteiger partial charge in [-0.1, -0.05) is 0 Å². The number of rotatable bonds is 7. The van der Waals surface area contributed by atoms with Crippen molar-refractivity contribution in [3.8, 4) is 0 Å². The van der Waals surface area contributed by atoms with E-state index in [-0.39, 0.29) is 11.6 Å². The summed E-state index contributed by atoms with van der Waals surface area (Å²) in [6, 6.07) is 9.88. The second-order valence-corrected chi connectivity index (χ2v) is 9.66. The summed E-state index contributed by atoms with van der Waals surface area (Å²) in [6.45, 7) is 4.26. The first kappa shape index (κ1) is 22.1. The van der Waals surface area contributed by atoms with Gasteiger partial charge in [0.2, 0.25) is 0 Å². The van der Waals surface area contributed by atoms with Gasteiger partial charge in [0, 0.05) is 54.0 Å². The highest BCUT2D eigenvalue weighted by Gasteiger charge is 2.21. The van der Waals surface area contributed by atoms with E-state index in [0.717, 1.165) is 71.8 Å². The van der Waals surface area contributed by atoms with Crippen LogP contribution < -0.4 is 16.2 Å². The van der Waals surface area contributed by atoms with E-state index in [1.807, 2.05) is 16.7 Å². The zero-order chi connectivity index (χ0) is 22.6. The molecule has 9 heteroatoms. The molecule has 1 atom stereocenters. The molecule has 2 aliphatic rings. The number of anilines is 1. The Morgan fingerprint density at radius 2 is 2.03 bits per heavy atom. The lowest BCUT2D eigenvalue weighted by molar-refractivity contribution is -0.108. The summed E-state index contributed by atoms with van der Waals surface area (Å²) < 4.78 is 1.83. The first-order valence-electron chi connectivity index (χ1n) is 11.4. The smallest absolute Gasteiger partial charge is 0.251 e. The van der Waals surface area contributed by atoms with Gasteiger partial charge in [0.25, 0.3) is 5.56 Å². The van der Waals surface area contributed by atoms with Crippen LogP contribution in [0.2, 0.25) is 0 Å². The lowest BCUT2D eigenvalue weighted by atomic mass is 10.0. The molecular weight excluding hydrogens is 436 g/mol. The Bertz CT molecular complexity index is 1190. The summed E-state index contributed by atoms with van der Waals surface area (Å²) in [6.07, 6.45) is 6.61. The van der Waals surface area contributed by atoms with Crippen LogP contribution in [0.1, 0.15) is 18.5 Å². The van der Waals surface area contributed by atoms with Crippen molar-refractivity contribution in [2.45, 2.75) is 42.9 Å². The summed E-state index contributed by atoms with van der Waals surface area (Å²) in [5.41, 5.74) is 1.91. The molecule has 0 saturated carbocycles. The highest BCUT2D eigenvalue weighted by Crippen LogP contribution is 2.31. The molecule has 2 aliphatic heterocycles. The first-order chi connectivity index (χ1) is 16.2. The normalized spacial score (nSPS) is 19.2. The van der Waals surface area contributed by atoms with Gasteiger partial charge in [-0.05, 0) is 50.2 Å². The van der Waals surface area contributed by atoms with E-state index >= 15 is 0 Å². The van der Waals surface area contributed by atoms with Gasteiger partial charge >= 0.3 is 0 Å². The van der Waals surface area contributed by atoms with Crippen molar-refractivity contribution < 1.29 is 4.79 Å². The number of fused-ring (bicyclic) bond motifs is 2. The summed E-state index contributed by atoms with van der Waals surface area (Å²) >= 11 is 1.67. The van der Waals surface area contributed by atoms with E-state index in [9.17, 15) is 9.59 Å². The second kappa shape index (κ2) is 10.0. The molecule has 2 N–H and O–H groups in total. The Morgan fingerprint density at radius 1 is 1.15 bits per heavy atom. The number of pyridine rings is 3. The quantitative estimate of drug-likeness (QED) is 0.514.